The first kappa shape index (κ1) is 19.9. The van der Waals surface area contributed by atoms with Crippen molar-refractivity contribution in [2.75, 3.05) is 21.3 Å². The van der Waals surface area contributed by atoms with Gasteiger partial charge in [0.15, 0.2) is 0 Å². The van der Waals surface area contributed by atoms with Crippen molar-refractivity contribution in [2.45, 2.75) is 6.54 Å². The van der Waals surface area contributed by atoms with Crippen LogP contribution in [-0.4, -0.2) is 52.3 Å². The van der Waals surface area contributed by atoms with Crippen molar-refractivity contribution in [1.82, 2.24) is 25.1 Å². The SMILES string of the molecule is COc1ccc(Cl)cc1CN(C)C(=O)c1cc(Cl)c(-n2cnnn2)cc1OC. The molecule has 0 fully saturated rings. The maximum Gasteiger partial charge on any atom is 0.257 e. The predicted octanol–water partition coefficient (Wildman–Crippen LogP) is 3.26. The number of rotatable bonds is 6. The zero-order valence-corrected chi connectivity index (χ0v) is 16.9. The summed E-state index contributed by atoms with van der Waals surface area (Å²) in [5, 5.41) is 11.9. The van der Waals surface area contributed by atoms with Gasteiger partial charge < -0.3 is 14.4 Å². The van der Waals surface area contributed by atoms with Crippen molar-refractivity contribution >= 4 is 29.1 Å². The highest BCUT2D eigenvalue weighted by molar-refractivity contribution is 6.33. The van der Waals surface area contributed by atoms with Gasteiger partial charge in [-0.05, 0) is 34.7 Å². The average molecular weight is 422 g/mol. The number of ether oxygens (including phenoxy) is 2. The third-order valence-electron chi connectivity index (χ3n) is 4.09. The van der Waals surface area contributed by atoms with Crippen LogP contribution >= 0.6 is 23.2 Å². The van der Waals surface area contributed by atoms with Gasteiger partial charge in [-0.2, -0.15) is 4.68 Å². The molecule has 1 heterocycles. The second kappa shape index (κ2) is 8.45. The van der Waals surface area contributed by atoms with E-state index in [1.54, 1.807) is 38.4 Å². The molecule has 0 radical (unpaired) electrons. The summed E-state index contributed by atoms with van der Waals surface area (Å²) >= 11 is 12.4. The maximum atomic E-state index is 13.0. The van der Waals surface area contributed by atoms with Crippen LogP contribution < -0.4 is 9.47 Å². The van der Waals surface area contributed by atoms with Gasteiger partial charge in [-0.1, -0.05) is 23.2 Å². The topological polar surface area (TPSA) is 82.4 Å². The highest BCUT2D eigenvalue weighted by Gasteiger charge is 2.21. The van der Waals surface area contributed by atoms with E-state index in [4.69, 9.17) is 32.7 Å². The van der Waals surface area contributed by atoms with Crippen LogP contribution in [0.5, 0.6) is 11.5 Å². The van der Waals surface area contributed by atoms with Crippen LogP contribution in [0.1, 0.15) is 15.9 Å². The fourth-order valence-corrected chi connectivity index (χ4v) is 3.17. The largest absolute Gasteiger partial charge is 0.496 e. The number of amides is 1. The van der Waals surface area contributed by atoms with Gasteiger partial charge in [-0.25, -0.2) is 0 Å². The van der Waals surface area contributed by atoms with Crippen molar-refractivity contribution in [3.05, 3.63) is 57.8 Å². The first-order chi connectivity index (χ1) is 13.4. The monoisotopic (exact) mass is 421 g/mol. The molecule has 1 aromatic heterocycles. The zero-order chi connectivity index (χ0) is 20.3. The highest BCUT2D eigenvalue weighted by Crippen LogP contribution is 2.31. The lowest BCUT2D eigenvalue weighted by Gasteiger charge is -2.21. The second-order valence-corrected chi connectivity index (χ2v) is 6.72. The number of tetrazole rings is 1. The molecule has 28 heavy (non-hydrogen) atoms. The molecule has 0 unspecified atom stereocenters. The molecule has 3 rings (SSSR count). The Bertz CT molecular complexity index is 995. The smallest absolute Gasteiger partial charge is 0.257 e. The number of halogens is 2. The number of hydrogen-bond donors (Lipinski definition) is 0. The molecule has 0 bridgehead atoms. The number of nitrogens with zero attached hydrogens (tertiary/aromatic N) is 5. The van der Waals surface area contributed by atoms with E-state index in [1.807, 2.05) is 0 Å². The van der Waals surface area contributed by atoms with Gasteiger partial charge in [0.25, 0.3) is 5.91 Å². The quantitative estimate of drug-likeness (QED) is 0.607. The molecule has 0 saturated carbocycles. The molecule has 146 valence electrons. The normalized spacial score (nSPS) is 10.6. The molecule has 0 aliphatic heterocycles. The molecule has 0 aliphatic rings. The van der Waals surface area contributed by atoms with Gasteiger partial charge in [0.05, 0.1) is 30.5 Å². The summed E-state index contributed by atoms with van der Waals surface area (Å²) in [7, 11) is 4.71. The second-order valence-electron chi connectivity index (χ2n) is 5.88. The molecule has 1 amide bonds. The van der Waals surface area contributed by atoms with Gasteiger partial charge in [0.2, 0.25) is 0 Å². The first-order valence-corrected chi connectivity index (χ1v) is 8.89. The van der Waals surface area contributed by atoms with Crippen molar-refractivity contribution in [1.29, 1.82) is 0 Å². The lowest BCUT2D eigenvalue weighted by atomic mass is 10.1. The third kappa shape index (κ3) is 4.02. The van der Waals surface area contributed by atoms with E-state index < -0.39 is 0 Å². The van der Waals surface area contributed by atoms with E-state index in [9.17, 15) is 4.79 Å². The van der Waals surface area contributed by atoms with Crippen LogP contribution in [0.25, 0.3) is 5.69 Å². The van der Waals surface area contributed by atoms with E-state index in [-0.39, 0.29) is 12.5 Å². The average Bonchev–Trinajstić information content (AvgIpc) is 3.21. The van der Waals surface area contributed by atoms with Crippen molar-refractivity contribution < 1.29 is 14.3 Å². The molecule has 0 saturated heterocycles. The summed E-state index contributed by atoms with van der Waals surface area (Å²) in [6, 6.07) is 8.39. The van der Waals surface area contributed by atoms with Gasteiger partial charge >= 0.3 is 0 Å². The van der Waals surface area contributed by atoms with E-state index >= 15 is 0 Å². The third-order valence-corrected chi connectivity index (χ3v) is 4.63. The Kier molecular flexibility index (Phi) is 6.01. The molecule has 0 N–H and O–H groups in total. The van der Waals surface area contributed by atoms with Gasteiger partial charge in [-0.3, -0.25) is 4.79 Å². The number of hydrogen-bond acceptors (Lipinski definition) is 6. The number of benzene rings is 2. The van der Waals surface area contributed by atoms with Crippen LogP contribution in [0.3, 0.4) is 0 Å². The van der Waals surface area contributed by atoms with Crippen LogP contribution in [0.4, 0.5) is 0 Å². The first-order valence-electron chi connectivity index (χ1n) is 8.13. The number of carbonyl (C=O) groups is 1. The standard InChI is InChI=1S/C18H17Cl2N5O3/c1-24(9-11-6-12(19)4-5-16(11)27-2)18(26)13-7-14(20)15(8-17(13)28-3)25-10-21-22-23-25/h4-8,10H,9H2,1-3H3. The fraction of sp³-hybridized carbons (Fsp3) is 0.222. The summed E-state index contributed by atoms with van der Waals surface area (Å²) in [5.74, 6) is 0.719. The number of methoxy groups -OCH3 is 2. The van der Waals surface area contributed by atoms with E-state index in [0.29, 0.717) is 32.8 Å². The van der Waals surface area contributed by atoms with Crippen LogP contribution in [0.2, 0.25) is 10.0 Å². The van der Waals surface area contributed by atoms with Gasteiger partial charge in [0, 0.05) is 30.2 Å². The van der Waals surface area contributed by atoms with E-state index in [2.05, 4.69) is 15.5 Å². The Balaban J connectivity index is 1.91. The molecule has 3 aromatic rings. The Morgan fingerprint density at radius 3 is 2.54 bits per heavy atom. The Labute approximate surface area is 171 Å². The minimum Gasteiger partial charge on any atom is -0.496 e. The summed E-state index contributed by atoms with van der Waals surface area (Å²) in [4.78, 5) is 14.6. The molecule has 0 atom stereocenters. The molecular formula is C18H17Cl2N5O3. The summed E-state index contributed by atoms with van der Waals surface area (Å²) in [5.41, 5.74) is 1.59. The summed E-state index contributed by atoms with van der Waals surface area (Å²) in [6.45, 7) is 0.290. The van der Waals surface area contributed by atoms with Crippen LogP contribution in [-0.2, 0) is 6.54 Å². The fourth-order valence-electron chi connectivity index (χ4n) is 2.73. The van der Waals surface area contributed by atoms with E-state index in [0.717, 1.165) is 5.56 Å². The Hall–Kier alpha value is -2.84. The number of aromatic nitrogens is 4. The van der Waals surface area contributed by atoms with Crippen molar-refractivity contribution in [3.8, 4) is 17.2 Å². The van der Waals surface area contributed by atoms with Gasteiger partial charge in [0.1, 0.15) is 17.8 Å². The van der Waals surface area contributed by atoms with Crippen molar-refractivity contribution in [3.63, 3.8) is 0 Å². The molecule has 0 aliphatic carbocycles. The van der Waals surface area contributed by atoms with Crippen LogP contribution in [0, 0.1) is 0 Å². The molecule has 8 nitrogen and oxygen atoms in total. The zero-order valence-electron chi connectivity index (χ0n) is 15.4. The minimum atomic E-state index is -0.274. The Morgan fingerprint density at radius 1 is 1.14 bits per heavy atom. The number of carbonyl (C=O) groups excluding carboxylic acids is 1. The summed E-state index contributed by atoms with van der Waals surface area (Å²) in [6.07, 6.45) is 1.40. The molecule has 2 aromatic carbocycles. The lowest BCUT2D eigenvalue weighted by molar-refractivity contribution is 0.0781. The Morgan fingerprint density at radius 2 is 1.89 bits per heavy atom. The van der Waals surface area contributed by atoms with E-state index in [1.165, 1.54) is 29.1 Å². The molecule has 0 spiro atoms. The van der Waals surface area contributed by atoms with Crippen LogP contribution in [0.15, 0.2) is 36.7 Å². The minimum absolute atomic E-state index is 0.274. The predicted molar refractivity (Wildman–Crippen MR) is 105 cm³/mol. The molecule has 10 heteroatoms. The highest BCUT2D eigenvalue weighted by atomic mass is 35.5. The molecular weight excluding hydrogens is 405 g/mol. The summed E-state index contributed by atoms with van der Waals surface area (Å²) < 4.78 is 12.1. The van der Waals surface area contributed by atoms with Crippen molar-refractivity contribution in [2.24, 2.45) is 0 Å². The lowest BCUT2D eigenvalue weighted by Crippen LogP contribution is -2.27. The van der Waals surface area contributed by atoms with Gasteiger partial charge in [-0.15, -0.1) is 5.10 Å². The maximum absolute atomic E-state index is 13.0.